The minimum absolute atomic E-state index is 0.215. The Kier molecular flexibility index (Phi) is 5.91. The number of nitrogens with one attached hydrogen (secondary N) is 2. The van der Waals surface area contributed by atoms with Gasteiger partial charge in [0.05, 0.1) is 17.1 Å². The standard InChI is InChI=1S/C20H25F3N4O2S/c1-11-7-18(29-26-11)25-19(28)17-9-14(12(2)30-17)15-8-16(15)24-13-3-5-27(6-4-13)10-20(21,22)23/h7,9,13,15-16,24H,3-6,8,10H2,1-2H3,(H,25,28). The van der Waals surface area contributed by atoms with Gasteiger partial charge >= 0.3 is 6.18 Å². The van der Waals surface area contributed by atoms with E-state index in [1.165, 1.54) is 21.8 Å². The van der Waals surface area contributed by atoms with Crippen LogP contribution in [-0.2, 0) is 0 Å². The maximum absolute atomic E-state index is 12.5. The number of piperidine rings is 1. The smallest absolute Gasteiger partial charge is 0.338 e. The molecule has 0 bridgehead atoms. The summed E-state index contributed by atoms with van der Waals surface area (Å²) in [5.74, 6) is 0.462. The molecule has 1 amide bonds. The summed E-state index contributed by atoms with van der Waals surface area (Å²) in [6, 6.07) is 4.18. The predicted molar refractivity (Wildman–Crippen MR) is 108 cm³/mol. The minimum atomic E-state index is -4.13. The molecule has 2 aromatic heterocycles. The molecule has 0 radical (unpaired) electrons. The van der Waals surface area contributed by atoms with Crippen LogP contribution in [0.5, 0.6) is 0 Å². The molecule has 4 rings (SSSR count). The molecule has 30 heavy (non-hydrogen) atoms. The van der Waals surface area contributed by atoms with Crippen LogP contribution in [0.1, 0.15) is 51.0 Å². The van der Waals surface area contributed by atoms with Crippen LogP contribution in [0.15, 0.2) is 16.7 Å². The third-order valence-electron chi connectivity index (χ3n) is 5.67. The number of carbonyl (C=O) groups is 1. The fourth-order valence-corrected chi connectivity index (χ4v) is 5.10. The number of nitrogens with zero attached hydrogens (tertiary/aromatic N) is 2. The predicted octanol–water partition coefficient (Wildman–Crippen LogP) is 4.08. The molecule has 1 saturated heterocycles. The molecule has 2 N–H and O–H groups in total. The van der Waals surface area contributed by atoms with E-state index in [2.05, 4.69) is 15.8 Å². The highest BCUT2D eigenvalue weighted by atomic mass is 32.1. The van der Waals surface area contributed by atoms with Gasteiger partial charge in [0, 0.05) is 28.9 Å². The second kappa shape index (κ2) is 8.32. The molecule has 10 heteroatoms. The zero-order valence-corrected chi connectivity index (χ0v) is 17.7. The highest BCUT2D eigenvalue weighted by Gasteiger charge is 2.42. The van der Waals surface area contributed by atoms with Gasteiger partial charge in [0.1, 0.15) is 0 Å². The number of aromatic nitrogens is 1. The van der Waals surface area contributed by atoms with Crippen LogP contribution in [0.4, 0.5) is 19.1 Å². The average Bonchev–Trinajstić information content (AvgIpc) is 3.10. The lowest BCUT2D eigenvalue weighted by Gasteiger charge is -2.33. The quantitative estimate of drug-likeness (QED) is 0.706. The van der Waals surface area contributed by atoms with Gasteiger partial charge in [-0.05, 0) is 57.8 Å². The summed E-state index contributed by atoms with van der Waals surface area (Å²) >= 11 is 1.46. The van der Waals surface area contributed by atoms with E-state index in [9.17, 15) is 18.0 Å². The topological polar surface area (TPSA) is 70.4 Å². The molecule has 1 aliphatic carbocycles. The molecule has 2 atom stereocenters. The van der Waals surface area contributed by atoms with Crippen molar-refractivity contribution in [2.45, 2.75) is 57.3 Å². The van der Waals surface area contributed by atoms with Crippen molar-refractivity contribution < 1.29 is 22.5 Å². The number of amides is 1. The fraction of sp³-hybridized carbons (Fsp3) is 0.600. The molecule has 2 fully saturated rings. The maximum atomic E-state index is 12.5. The van der Waals surface area contributed by atoms with Crippen LogP contribution in [0.3, 0.4) is 0 Å². The Bertz CT molecular complexity index is 902. The van der Waals surface area contributed by atoms with Crippen LogP contribution in [0, 0.1) is 13.8 Å². The zero-order valence-electron chi connectivity index (χ0n) is 16.9. The first kappa shape index (κ1) is 21.3. The Balaban J connectivity index is 1.28. The van der Waals surface area contributed by atoms with Gasteiger partial charge < -0.3 is 9.84 Å². The molecule has 0 spiro atoms. The number of alkyl halides is 3. The van der Waals surface area contributed by atoms with Crippen LogP contribution >= 0.6 is 11.3 Å². The van der Waals surface area contributed by atoms with E-state index in [-0.39, 0.29) is 11.9 Å². The summed E-state index contributed by atoms with van der Waals surface area (Å²) in [7, 11) is 0. The van der Waals surface area contributed by atoms with Crippen LogP contribution in [0.2, 0.25) is 0 Å². The van der Waals surface area contributed by atoms with E-state index in [1.807, 2.05) is 13.0 Å². The Morgan fingerprint density at radius 1 is 1.30 bits per heavy atom. The number of halogens is 3. The third kappa shape index (κ3) is 5.22. The number of thiophene rings is 1. The summed E-state index contributed by atoms with van der Waals surface area (Å²) in [5, 5.41) is 10.1. The normalized spacial score (nSPS) is 23.0. The molecule has 1 aliphatic heterocycles. The maximum Gasteiger partial charge on any atom is 0.401 e. The molecule has 3 heterocycles. The number of anilines is 1. The molecular formula is C20H25F3N4O2S. The summed E-state index contributed by atoms with van der Waals surface area (Å²) in [4.78, 5) is 15.7. The molecule has 164 valence electrons. The van der Waals surface area contributed by atoms with Gasteiger partial charge in [-0.25, -0.2) is 0 Å². The second-order valence-electron chi connectivity index (χ2n) is 8.19. The number of hydrogen-bond acceptors (Lipinski definition) is 6. The average molecular weight is 443 g/mol. The van der Waals surface area contributed by atoms with Gasteiger partial charge in [0.25, 0.3) is 5.91 Å². The van der Waals surface area contributed by atoms with Crippen molar-refractivity contribution in [1.29, 1.82) is 0 Å². The molecule has 6 nitrogen and oxygen atoms in total. The Morgan fingerprint density at radius 2 is 2.03 bits per heavy atom. The molecule has 2 aliphatic rings. The molecule has 2 aromatic rings. The van der Waals surface area contributed by atoms with Crippen LogP contribution in [-0.4, -0.2) is 53.9 Å². The van der Waals surface area contributed by atoms with E-state index >= 15 is 0 Å². The van der Waals surface area contributed by atoms with E-state index in [0.717, 1.165) is 24.1 Å². The number of carbonyl (C=O) groups excluding carboxylic acids is 1. The third-order valence-corrected chi connectivity index (χ3v) is 6.74. The lowest BCUT2D eigenvalue weighted by molar-refractivity contribution is -0.148. The van der Waals surface area contributed by atoms with E-state index in [1.54, 1.807) is 13.0 Å². The number of aryl methyl sites for hydroxylation is 2. The van der Waals surface area contributed by atoms with Crippen LogP contribution in [0.25, 0.3) is 0 Å². The van der Waals surface area contributed by atoms with Crippen molar-refractivity contribution in [3.63, 3.8) is 0 Å². The van der Waals surface area contributed by atoms with Crippen molar-refractivity contribution in [3.8, 4) is 0 Å². The number of rotatable bonds is 6. The Labute approximate surface area is 176 Å². The fourth-order valence-electron chi connectivity index (χ4n) is 4.11. The first-order valence-corrected chi connectivity index (χ1v) is 10.9. The van der Waals surface area contributed by atoms with Gasteiger partial charge in [0.2, 0.25) is 5.88 Å². The largest absolute Gasteiger partial charge is 0.401 e. The SMILES string of the molecule is Cc1cc(NC(=O)c2cc(C3CC3NC3CCN(CC(F)(F)F)CC3)c(C)s2)on1. The van der Waals surface area contributed by atoms with Crippen molar-refractivity contribution in [3.05, 3.63) is 33.1 Å². The Hall–Kier alpha value is -1.91. The lowest BCUT2D eigenvalue weighted by atomic mass is 10.0. The van der Waals surface area contributed by atoms with Gasteiger partial charge in [-0.15, -0.1) is 11.3 Å². The summed E-state index contributed by atoms with van der Waals surface area (Å²) < 4.78 is 42.6. The van der Waals surface area contributed by atoms with E-state index < -0.39 is 12.7 Å². The molecule has 0 aromatic carbocycles. The zero-order chi connectivity index (χ0) is 21.5. The van der Waals surface area contributed by atoms with Gasteiger partial charge in [-0.2, -0.15) is 13.2 Å². The summed E-state index contributed by atoms with van der Waals surface area (Å²) in [6.45, 7) is 3.92. The van der Waals surface area contributed by atoms with Crippen molar-refractivity contribution >= 4 is 23.1 Å². The first-order chi connectivity index (χ1) is 14.2. The molecule has 2 unspecified atom stereocenters. The second-order valence-corrected chi connectivity index (χ2v) is 9.45. The first-order valence-electron chi connectivity index (χ1n) is 10.1. The van der Waals surface area contributed by atoms with Crippen molar-refractivity contribution in [2.75, 3.05) is 25.0 Å². The molecular weight excluding hydrogens is 417 g/mol. The molecule has 1 saturated carbocycles. The highest BCUT2D eigenvalue weighted by Crippen LogP contribution is 2.45. The van der Waals surface area contributed by atoms with E-state index in [0.29, 0.717) is 41.5 Å². The van der Waals surface area contributed by atoms with Gasteiger partial charge in [0.15, 0.2) is 0 Å². The highest BCUT2D eigenvalue weighted by molar-refractivity contribution is 7.14. The summed E-state index contributed by atoms with van der Waals surface area (Å²) in [5.41, 5.74) is 1.87. The van der Waals surface area contributed by atoms with Gasteiger partial charge in [-0.3, -0.25) is 15.0 Å². The van der Waals surface area contributed by atoms with E-state index in [4.69, 9.17) is 4.52 Å². The van der Waals surface area contributed by atoms with Crippen molar-refractivity contribution in [2.24, 2.45) is 0 Å². The van der Waals surface area contributed by atoms with Gasteiger partial charge in [-0.1, -0.05) is 5.16 Å². The number of hydrogen-bond donors (Lipinski definition) is 2. The van der Waals surface area contributed by atoms with Crippen LogP contribution < -0.4 is 10.6 Å². The summed E-state index contributed by atoms with van der Waals surface area (Å²) in [6.07, 6.45) is -1.68. The minimum Gasteiger partial charge on any atom is -0.338 e. The monoisotopic (exact) mass is 442 g/mol. The number of likely N-dealkylation sites (tertiary alicyclic amines) is 1. The lowest BCUT2D eigenvalue weighted by Crippen LogP contribution is -2.46. The Morgan fingerprint density at radius 3 is 2.67 bits per heavy atom. The van der Waals surface area contributed by atoms with Crippen molar-refractivity contribution in [1.82, 2.24) is 15.4 Å².